The molecule has 0 radical (unpaired) electrons. The van der Waals surface area contributed by atoms with Crippen LogP contribution in [0.2, 0.25) is 5.02 Å². The van der Waals surface area contributed by atoms with Gasteiger partial charge in [-0.15, -0.1) is 0 Å². The molecule has 1 aliphatic heterocycles. The minimum Gasteiger partial charge on any atom is -0.399 e. The van der Waals surface area contributed by atoms with Gasteiger partial charge >= 0.3 is 0 Å². The number of nitrogens with zero attached hydrogens (tertiary/aromatic N) is 2. The summed E-state index contributed by atoms with van der Waals surface area (Å²) in [6.07, 6.45) is 1.76. The first kappa shape index (κ1) is 13.6. The summed E-state index contributed by atoms with van der Waals surface area (Å²) in [5.74, 6) is -0.0665. The van der Waals surface area contributed by atoms with Gasteiger partial charge in [0.25, 0.3) is 5.91 Å². The summed E-state index contributed by atoms with van der Waals surface area (Å²) in [6.45, 7) is 1.10. The molecule has 3 rings (SSSR count). The monoisotopic (exact) mass is 299 g/mol. The number of amides is 1. The van der Waals surface area contributed by atoms with Crippen LogP contribution in [0, 0.1) is 0 Å². The number of benzodiazepines with no additional fused rings is 1. The van der Waals surface area contributed by atoms with Gasteiger partial charge in [-0.25, -0.2) is 0 Å². The van der Waals surface area contributed by atoms with E-state index >= 15 is 0 Å². The molecule has 2 aromatic carbocycles. The lowest BCUT2D eigenvalue weighted by Crippen LogP contribution is -2.33. The molecule has 1 aliphatic rings. The van der Waals surface area contributed by atoms with E-state index in [1.165, 1.54) is 0 Å². The fourth-order valence-electron chi connectivity index (χ4n) is 2.32. The number of nitrogen functional groups attached to an aromatic ring is 1. The van der Waals surface area contributed by atoms with Gasteiger partial charge in [0.05, 0.1) is 12.2 Å². The van der Waals surface area contributed by atoms with Gasteiger partial charge in [-0.3, -0.25) is 9.79 Å². The maximum atomic E-state index is 12.7. The molecule has 0 fully saturated rings. The van der Waals surface area contributed by atoms with Crippen LogP contribution in [-0.4, -0.2) is 25.2 Å². The highest BCUT2D eigenvalue weighted by Gasteiger charge is 2.21. The van der Waals surface area contributed by atoms with Crippen molar-refractivity contribution < 1.29 is 4.79 Å². The number of aliphatic imine (C=N–C) groups is 1. The van der Waals surface area contributed by atoms with Crippen LogP contribution in [0.15, 0.2) is 47.5 Å². The number of fused-ring (bicyclic) bond motifs is 1. The largest absolute Gasteiger partial charge is 0.399 e. The fraction of sp³-hybridized carbons (Fsp3) is 0.125. The summed E-state index contributed by atoms with van der Waals surface area (Å²) in [4.78, 5) is 18.7. The molecule has 21 heavy (non-hydrogen) atoms. The molecule has 0 spiro atoms. The lowest BCUT2D eigenvalue weighted by molar-refractivity contribution is 0.0988. The predicted octanol–water partition coefficient (Wildman–Crippen LogP) is 3.00. The number of rotatable bonds is 1. The Morgan fingerprint density at radius 2 is 1.95 bits per heavy atom. The normalized spacial score (nSPS) is 13.7. The fourth-order valence-corrected chi connectivity index (χ4v) is 2.45. The van der Waals surface area contributed by atoms with Crippen molar-refractivity contribution in [2.24, 2.45) is 4.99 Å². The Kier molecular flexibility index (Phi) is 3.62. The third kappa shape index (κ3) is 2.76. The van der Waals surface area contributed by atoms with Crippen molar-refractivity contribution in [1.29, 1.82) is 0 Å². The van der Waals surface area contributed by atoms with E-state index in [2.05, 4.69) is 4.99 Å². The summed E-state index contributed by atoms with van der Waals surface area (Å²) in [5.41, 5.74) is 8.74. The van der Waals surface area contributed by atoms with Crippen molar-refractivity contribution >= 4 is 35.1 Å². The standard InChI is InChI=1S/C16H14ClN3O/c17-13-3-1-11(2-4-13)16(21)20-8-7-19-10-12-9-14(18)5-6-15(12)20/h1-6,9-10H,7-8,18H2. The Balaban J connectivity index is 2.00. The molecule has 0 bridgehead atoms. The second kappa shape index (κ2) is 5.58. The average Bonchev–Trinajstić information content (AvgIpc) is 2.69. The van der Waals surface area contributed by atoms with Gasteiger partial charge in [0.2, 0.25) is 0 Å². The van der Waals surface area contributed by atoms with E-state index in [-0.39, 0.29) is 5.91 Å². The van der Waals surface area contributed by atoms with E-state index in [0.29, 0.717) is 29.4 Å². The number of carbonyl (C=O) groups excluding carboxylic acids is 1. The molecule has 0 aromatic heterocycles. The minimum atomic E-state index is -0.0665. The van der Waals surface area contributed by atoms with Crippen molar-refractivity contribution in [2.45, 2.75) is 0 Å². The van der Waals surface area contributed by atoms with Crippen molar-refractivity contribution in [2.75, 3.05) is 23.7 Å². The molecule has 106 valence electrons. The van der Waals surface area contributed by atoms with Gasteiger partial charge in [0.1, 0.15) is 0 Å². The van der Waals surface area contributed by atoms with Crippen LogP contribution < -0.4 is 10.6 Å². The molecular formula is C16H14ClN3O. The van der Waals surface area contributed by atoms with E-state index < -0.39 is 0 Å². The summed E-state index contributed by atoms with van der Waals surface area (Å²) >= 11 is 5.87. The quantitative estimate of drug-likeness (QED) is 0.823. The van der Waals surface area contributed by atoms with Crippen LogP contribution in [0.3, 0.4) is 0 Å². The van der Waals surface area contributed by atoms with Crippen molar-refractivity contribution in [3.05, 3.63) is 58.6 Å². The van der Waals surface area contributed by atoms with E-state index in [9.17, 15) is 4.79 Å². The number of benzene rings is 2. The molecule has 5 heteroatoms. The lowest BCUT2D eigenvalue weighted by atomic mass is 10.1. The molecule has 0 unspecified atom stereocenters. The van der Waals surface area contributed by atoms with Crippen LogP contribution >= 0.6 is 11.6 Å². The zero-order chi connectivity index (χ0) is 14.8. The third-order valence-corrected chi connectivity index (χ3v) is 3.61. The molecule has 4 nitrogen and oxygen atoms in total. The van der Waals surface area contributed by atoms with Gasteiger partial charge in [-0.2, -0.15) is 0 Å². The van der Waals surface area contributed by atoms with E-state index in [1.54, 1.807) is 41.4 Å². The highest BCUT2D eigenvalue weighted by Crippen LogP contribution is 2.25. The van der Waals surface area contributed by atoms with Crippen LogP contribution in [0.4, 0.5) is 11.4 Å². The van der Waals surface area contributed by atoms with Crippen LogP contribution in [0.25, 0.3) is 0 Å². The van der Waals surface area contributed by atoms with Crippen molar-refractivity contribution in [3.8, 4) is 0 Å². The maximum Gasteiger partial charge on any atom is 0.258 e. The topological polar surface area (TPSA) is 58.7 Å². The molecule has 0 saturated heterocycles. The number of halogens is 1. The first-order valence-electron chi connectivity index (χ1n) is 6.62. The maximum absolute atomic E-state index is 12.7. The van der Waals surface area contributed by atoms with Crippen LogP contribution in [0.1, 0.15) is 15.9 Å². The van der Waals surface area contributed by atoms with Crippen LogP contribution in [0.5, 0.6) is 0 Å². The SMILES string of the molecule is Nc1ccc2c(c1)C=NCCN2C(=O)c1ccc(Cl)cc1. The number of anilines is 2. The summed E-state index contributed by atoms with van der Waals surface area (Å²) in [5, 5.41) is 0.610. The summed E-state index contributed by atoms with van der Waals surface area (Å²) in [6, 6.07) is 12.4. The highest BCUT2D eigenvalue weighted by molar-refractivity contribution is 6.30. The van der Waals surface area contributed by atoms with Gasteiger partial charge in [-0.1, -0.05) is 11.6 Å². The van der Waals surface area contributed by atoms with Gasteiger partial charge < -0.3 is 10.6 Å². The first-order chi connectivity index (χ1) is 10.1. The summed E-state index contributed by atoms with van der Waals surface area (Å²) in [7, 11) is 0. The molecular weight excluding hydrogens is 286 g/mol. The average molecular weight is 300 g/mol. The third-order valence-electron chi connectivity index (χ3n) is 3.36. The molecule has 2 N–H and O–H groups in total. The van der Waals surface area contributed by atoms with Crippen LogP contribution in [-0.2, 0) is 0 Å². The number of hydrogen-bond donors (Lipinski definition) is 1. The van der Waals surface area contributed by atoms with Gasteiger partial charge in [0, 0.05) is 34.6 Å². The molecule has 1 amide bonds. The van der Waals surface area contributed by atoms with E-state index in [1.807, 2.05) is 12.1 Å². The van der Waals surface area contributed by atoms with Gasteiger partial charge in [0.15, 0.2) is 0 Å². The predicted molar refractivity (Wildman–Crippen MR) is 86.4 cm³/mol. The highest BCUT2D eigenvalue weighted by atomic mass is 35.5. The van der Waals surface area contributed by atoms with E-state index in [4.69, 9.17) is 17.3 Å². The van der Waals surface area contributed by atoms with Crippen molar-refractivity contribution in [1.82, 2.24) is 0 Å². The van der Waals surface area contributed by atoms with E-state index in [0.717, 1.165) is 11.3 Å². The lowest BCUT2D eigenvalue weighted by Gasteiger charge is -2.22. The van der Waals surface area contributed by atoms with Crippen molar-refractivity contribution in [3.63, 3.8) is 0 Å². The Hall–Kier alpha value is -2.33. The molecule has 0 aliphatic carbocycles. The zero-order valence-corrected chi connectivity index (χ0v) is 12.0. The Bertz CT molecular complexity index is 710. The van der Waals surface area contributed by atoms with Gasteiger partial charge in [-0.05, 0) is 42.5 Å². The molecule has 2 aromatic rings. The number of hydrogen-bond acceptors (Lipinski definition) is 3. The Morgan fingerprint density at radius 3 is 2.71 bits per heavy atom. The smallest absolute Gasteiger partial charge is 0.258 e. The molecule has 0 saturated carbocycles. The number of carbonyl (C=O) groups is 1. The number of nitrogens with two attached hydrogens (primary N) is 1. The summed E-state index contributed by atoms with van der Waals surface area (Å²) < 4.78 is 0. The molecule has 0 atom stereocenters. The Labute approximate surface area is 127 Å². The second-order valence-electron chi connectivity index (χ2n) is 4.82. The Morgan fingerprint density at radius 1 is 1.19 bits per heavy atom. The zero-order valence-electron chi connectivity index (χ0n) is 11.3. The minimum absolute atomic E-state index is 0.0665. The second-order valence-corrected chi connectivity index (χ2v) is 5.25. The molecule has 1 heterocycles. The first-order valence-corrected chi connectivity index (χ1v) is 7.00.